The van der Waals surface area contributed by atoms with E-state index in [1.165, 1.54) is 18.7 Å². The second-order valence-corrected chi connectivity index (χ2v) is 8.93. The average Bonchev–Trinajstić information content (AvgIpc) is 2.70. The molecule has 0 atom stereocenters. The van der Waals surface area contributed by atoms with Gasteiger partial charge in [0.05, 0.1) is 10.0 Å². The van der Waals surface area contributed by atoms with Gasteiger partial charge in [-0.15, -0.1) is 0 Å². The standard InChI is InChI=1S/C21H19Cl3N2O2S/c1-13(21(28)26-9-7-25(8-10-26)14(2)27)15-3-5-19(17(23)11-15)29-20-6-4-16(22)12-18(20)24/h3-6,11-12H,1,7-10H2,2H3. The fourth-order valence-electron chi connectivity index (χ4n) is 2.99. The van der Waals surface area contributed by atoms with Crippen LogP contribution in [-0.2, 0) is 9.59 Å². The Hall–Kier alpha value is -1.66. The van der Waals surface area contributed by atoms with Crippen molar-refractivity contribution in [2.75, 3.05) is 26.2 Å². The van der Waals surface area contributed by atoms with Gasteiger partial charge in [-0.05, 0) is 35.9 Å². The smallest absolute Gasteiger partial charge is 0.253 e. The molecule has 2 aromatic rings. The van der Waals surface area contributed by atoms with Crippen LogP contribution in [0.4, 0.5) is 0 Å². The molecule has 0 aliphatic carbocycles. The average molecular weight is 470 g/mol. The zero-order valence-electron chi connectivity index (χ0n) is 15.8. The van der Waals surface area contributed by atoms with Crippen molar-refractivity contribution >= 4 is 64.0 Å². The summed E-state index contributed by atoms with van der Waals surface area (Å²) in [6.07, 6.45) is 0. The quantitative estimate of drug-likeness (QED) is 0.555. The first-order valence-electron chi connectivity index (χ1n) is 8.93. The van der Waals surface area contributed by atoms with E-state index in [9.17, 15) is 9.59 Å². The highest BCUT2D eigenvalue weighted by molar-refractivity contribution is 7.99. The van der Waals surface area contributed by atoms with E-state index in [2.05, 4.69) is 6.58 Å². The summed E-state index contributed by atoms with van der Waals surface area (Å²) in [6, 6.07) is 10.7. The van der Waals surface area contributed by atoms with Crippen molar-refractivity contribution < 1.29 is 9.59 Å². The van der Waals surface area contributed by atoms with E-state index < -0.39 is 0 Å². The lowest BCUT2D eigenvalue weighted by atomic mass is 10.1. The Bertz CT molecular complexity index is 972. The third kappa shape index (κ3) is 5.28. The molecule has 2 amide bonds. The molecular formula is C21H19Cl3N2O2S. The molecule has 1 aliphatic rings. The number of hydrogen-bond donors (Lipinski definition) is 0. The summed E-state index contributed by atoms with van der Waals surface area (Å²) >= 11 is 20.0. The van der Waals surface area contributed by atoms with Gasteiger partial charge < -0.3 is 9.80 Å². The van der Waals surface area contributed by atoms with E-state index >= 15 is 0 Å². The normalized spacial score (nSPS) is 14.1. The number of benzene rings is 2. The summed E-state index contributed by atoms with van der Waals surface area (Å²) in [5.74, 6) is -0.123. The van der Waals surface area contributed by atoms with Crippen molar-refractivity contribution in [3.8, 4) is 0 Å². The molecule has 0 N–H and O–H groups in total. The van der Waals surface area contributed by atoms with Gasteiger partial charge in [0.15, 0.2) is 0 Å². The Kier molecular flexibility index (Phi) is 7.17. The summed E-state index contributed by atoms with van der Waals surface area (Å²) in [5.41, 5.74) is 1.05. The van der Waals surface area contributed by atoms with E-state index in [1.807, 2.05) is 18.2 Å². The Morgan fingerprint density at radius 1 is 0.897 bits per heavy atom. The first-order chi connectivity index (χ1) is 13.8. The largest absolute Gasteiger partial charge is 0.339 e. The number of hydrogen-bond acceptors (Lipinski definition) is 3. The van der Waals surface area contributed by atoms with Crippen LogP contribution in [0.5, 0.6) is 0 Å². The van der Waals surface area contributed by atoms with Crippen LogP contribution >= 0.6 is 46.6 Å². The van der Waals surface area contributed by atoms with E-state index in [0.717, 1.165) is 9.79 Å². The molecule has 1 aliphatic heterocycles. The lowest BCUT2D eigenvalue weighted by Gasteiger charge is -2.34. The second-order valence-electron chi connectivity index (χ2n) is 6.60. The zero-order chi connectivity index (χ0) is 21.1. The molecule has 152 valence electrons. The number of amides is 2. The molecule has 0 unspecified atom stereocenters. The Balaban J connectivity index is 1.70. The first kappa shape index (κ1) is 22.0. The van der Waals surface area contributed by atoms with Crippen molar-refractivity contribution in [3.63, 3.8) is 0 Å². The number of halogens is 3. The molecule has 0 aromatic heterocycles. The number of rotatable bonds is 4. The number of carbonyl (C=O) groups is 2. The van der Waals surface area contributed by atoms with Crippen molar-refractivity contribution in [2.24, 2.45) is 0 Å². The molecule has 3 rings (SSSR count). The van der Waals surface area contributed by atoms with Gasteiger partial charge in [-0.25, -0.2) is 0 Å². The van der Waals surface area contributed by atoms with Gasteiger partial charge in [0.25, 0.3) is 5.91 Å². The van der Waals surface area contributed by atoms with Crippen molar-refractivity contribution in [1.82, 2.24) is 9.80 Å². The molecule has 0 radical (unpaired) electrons. The molecule has 1 saturated heterocycles. The van der Waals surface area contributed by atoms with E-state index in [0.29, 0.717) is 52.4 Å². The molecule has 1 heterocycles. The Labute approximate surface area is 189 Å². The highest BCUT2D eigenvalue weighted by Crippen LogP contribution is 2.39. The monoisotopic (exact) mass is 468 g/mol. The summed E-state index contributed by atoms with van der Waals surface area (Å²) in [5, 5.41) is 1.63. The maximum atomic E-state index is 12.8. The Morgan fingerprint density at radius 3 is 2.00 bits per heavy atom. The summed E-state index contributed by atoms with van der Waals surface area (Å²) in [4.78, 5) is 29.3. The van der Waals surface area contributed by atoms with Crippen molar-refractivity contribution in [3.05, 3.63) is 63.6 Å². The van der Waals surface area contributed by atoms with Crippen LogP contribution in [0.3, 0.4) is 0 Å². The van der Waals surface area contributed by atoms with Gasteiger partial charge in [0.1, 0.15) is 0 Å². The van der Waals surface area contributed by atoms with Crippen LogP contribution in [0.25, 0.3) is 5.57 Å². The van der Waals surface area contributed by atoms with Gasteiger partial charge in [-0.2, -0.15) is 0 Å². The van der Waals surface area contributed by atoms with Crippen molar-refractivity contribution in [2.45, 2.75) is 16.7 Å². The number of carbonyl (C=O) groups excluding carboxylic acids is 2. The second kappa shape index (κ2) is 9.43. The molecule has 29 heavy (non-hydrogen) atoms. The zero-order valence-corrected chi connectivity index (χ0v) is 18.8. The van der Waals surface area contributed by atoms with Gasteiger partial charge in [0.2, 0.25) is 5.91 Å². The molecule has 2 aromatic carbocycles. The number of piperazine rings is 1. The predicted octanol–water partition coefficient (Wildman–Crippen LogP) is 5.50. The summed E-state index contributed by atoms with van der Waals surface area (Å²) in [6.45, 7) is 7.55. The number of nitrogens with zero attached hydrogens (tertiary/aromatic N) is 2. The lowest BCUT2D eigenvalue weighted by Crippen LogP contribution is -2.50. The van der Waals surface area contributed by atoms with E-state index in [4.69, 9.17) is 34.8 Å². The maximum Gasteiger partial charge on any atom is 0.253 e. The topological polar surface area (TPSA) is 40.6 Å². The molecule has 0 spiro atoms. The molecule has 1 fully saturated rings. The molecule has 0 bridgehead atoms. The highest BCUT2D eigenvalue weighted by atomic mass is 35.5. The van der Waals surface area contributed by atoms with Crippen LogP contribution in [0.15, 0.2) is 52.8 Å². The summed E-state index contributed by atoms with van der Waals surface area (Å²) < 4.78 is 0. The van der Waals surface area contributed by atoms with E-state index in [1.54, 1.807) is 28.0 Å². The lowest BCUT2D eigenvalue weighted by molar-refractivity contribution is -0.135. The third-order valence-corrected chi connectivity index (χ3v) is 6.90. The minimum atomic E-state index is -0.148. The highest BCUT2D eigenvalue weighted by Gasteiger charge is 2.24. The van der Waals surface area contributed by atoms with Gasteiger partial charge in [-0.1, -0.05) is 59.2 Å². The van der Waals surface area contributed by atoms with Gasteiger partial charge in [-0.3, -0.25) is 9.59 Å². The fraction of sp³-hybridized carbons (Fsp3) is 0.238. The molecule has 0 saturated carbocycles. The summed E-state index contributed by atoms with van der Waals surface area (Å²) in [7, 11) is 0. The van der Waals surface area contributed by atoms with E-state index in [-0.39, 0.29) is 11.8 Å². The third-order valence-electron chi connectivity index (χ3n) is 4.66. The first-order valence-corrected chi connectivity index (χ1v) is 10.9. The van der Waals surface area contributed by atoms with Crippen LogP contribution in [0.2, 0.25) is 15.1 Å². The molecular weight excluding hydrogens is 451 g/mol. The molecule has 8 heteroatoms. The SMILES string of the molecule is C=C(C(=O)N1CCN(C(C)=O)CC1)c1ccc(Sc2ccc(Cl)cc2Cl)c(Cl)c1. The minimum absolute atomic E-state index is 0.0246. The van der Waals surface area contributed by atoms with Crippen molar-refractivity contribution in [1.29, 1.82) is 0 Å². The molecule has 4 nitrogen and oxygen atoms in total. The van der Waals surface area contributed by atoms with Crippen LogP contribution in [0, 0.1) is 0 Å². The predicted molar refractivity (Wildman–Crippen MR) is 120 cm³/mol. The maximum absolute atomic E-state index is 12.8. The van der Waals surface area contributed by atoms with Crippen LogP contribution in [0.1, 0.15) is 12.5 Å². The van der Waals surface area contributed by atoms with Gasteiger partial charge in [0, 0.05) is 53.5 Å². The fourth-order valence-corrected chi connectivity index (χ4v) is 4.63. The van der Waals surface area contributed by atoms with Crippen LogP contribution in [-0.4, -0.2) is 47.8 Å². The van der Waals surface area contributed by atoms with Crippen LogP contribution < -0.4 is 0 Å². The Morgan fingerprint density at radius 2 is 1.45 bits per heavy atom. The minimum Gasteiger partial charge on any atom is -0.339 e. The van der Waals surface area contributed by atoms with Gasteiger partial charge >= 0.3 is 0 Å².